The first kappa shape index (κ1) is 19.5. The van der Waals surface area contributed by atoms with Gasteiger partial charge < -0.3 is 20.3 Å². The Balaban J connectivity index is 1.90. The highest BCUT2D eigenvalue weighted by atomic mass is 16.4. The van der Waals surface area contributed by atoms with Gasteiger partial charge in [0.15, 0.2) is 0 Å². The SMILES string of the molecule is Cc1cc2ccccc2n1CC(=O)NCC(=O)N[C@@H](CC(C)C)C(=O)O. The van der Waals surface area contributed by atoms with E-state index in [1.807, 2.05) is 55.7 Å². The number of amides is 2. The van der Waals surface area contributed by atoms with E-state index in [-0.39, 0.29) is 24.9 Å². The molecule has 0 aliphatic heterocycles. The minimum absolute atomic E-state index is 0.0982. The third-order valence-corrected chi connectivity index (χ3v) is 4.11. The predicted molar refractivity (Wildman–Crippen MR) is 98.7 cm³/mol. The van der Waals surface area contributed by atoms with Gasteiger partial charge in [-0.1, -0.05) is 32.0 Å². The van der Waals surface area contributed by atoms with Crippen molar-refractivity contribution in [2.75, 3.05) is 6.54 Å². The number of carbonyl (C=O) groups excluding carboxylic acids is 2. The number of aliphatic carboxylic acids is 1. The van der Waals surface area contributed by atoms with Crippen LogP contribution in [0.3, 0.4) is 0 Å². The smallest absolute Gasteiger partial charge is 0.326 e. The minimum Gasteiger partial charge on any atom is -0.480 e. The normalized spacial score (nSPS) is 12.2. The van der Waals surface area contributed by atoms with E-state index >= 15 is 0 Å². The molecule has 3 N–H and O–H groups in total. The molecule has 0 aliphatic rings. The van der Waals surface area contributed by atoms with Crippen LogP contribution in [0.1, 0.15) is 26.0 Å². The van der Waals surface area contributed by atoms with Crippen LogP contribution >= 0.6 is 0 Å². The van der Waals surface area contributed by atoms with Crippen LogP contribution in [0, 0.1) is 12.8 Å². The topological polar surface area (TPSA) is 100 Å². The summed E-state index contributed by atoms with van der Waals surface area (Å²) in [4.78, 5) is 35.3. The molecule has 0 aliphatic carbocycles. The van der Waals surface area contributed by atoms with E-state index in [1.54, 1.807) is 0 Å². The summed E-state index contributed by atoms with van der Waals surface area (Å²) in [7, 11) is 0. The number of nitrogens with one attached hydrogen (secondary N) is 2. The van der Waals surface area contributed by atoms with Crippen LogP contribution in [0.4, 0.5) is 0 Å². The maximum atomic E-state index is 12.2. The highest BCUT2D eigenvalue weighted by Gasteiger charge is 2.21. The summed E-state index contributed by atoms with van der Waals surface area (Å²) in [6.07, 6.45) is 0.337. The van der Waals surface area contributed by atoms with Gasteiger partial charge in [-0.15, -0.1) is 0 Å². The van der Waals surface area contributed by atoms with Gasteiger partial charge in [-0.05, 0) is 36.8 Å². The van der Waals surface area contributed by atoms with Crippen molar-refractivity contribution in [1.29, 1.82) is 0 Å². The molecule has 0 bridgehead atoms. The van der Waals surface area contributed by atoms with Crippen molar-refractivity contribution in [2.24, 2.45) is 5.92 Å². The van der Waals surface area contributed by atoms with Gasteiger partial charge in [-0.3, -0.25) is 9.59 Å². The number of aryl methyl sites for hydroxylation is 1. The number of hydrogen-bond donors (Lipinski definition) is 3. The molecule has 2 rings (SSSR count). The van der Waals surface area contributed by atoms with Crippen LogP contribution in [0.25, 0.3) is 10.9 Å². The third kappa shape index (κ3) is 5.08. The molecule has 0 saturated heterocycles. The Morgan fingerprint density at radius 1 is 1.15 bits per heavy atom. The summed E-state index contributed by atoms with van der Waals surface area (Å²) >= 11 is 0. The van der Waals surface area contributed by atoms with Gasteiger partial charge in [0.2, 0.25) is 11.8 Å². The van der Waals surface area contributed by atoms with E-state index in [2.05, 4.69) is 10.6 Å². The zero-order chi connectivity index (χ0) is 19.3. The lowest BCUT2D eigenvalue weighted by atomic mass is 10.0. The quantitative estimate of drug-likeness (QED) is 0.667. The van der Waals surface area contributed by atoms with E-state index in [0.29, 0.717) is 6.42 Å². The number of rotatable bonds is 8. The number of carbonyl (C=O) groups is 3. The van der Waals surface area contributed by atoms with Gasteiger partial charge >= 0.3 is 5.97 Å². The van der Waals surface area contributed by atoms with Crippen LogP contribution < -0.4 is 10.6 Å². The maximum absolute atomic E-state index is 12.2. The van der Waals surface area contributed by atoms with Gasteiger partial charge in [0.05, 0.1) is 6.54 Å². The summed E-state index contributed by atoms with van der Waals surface area (Å²) in [6, 6.07) is 8.81. The molecule has 140 valence electrons. The monoisotopic (exact) mass is 359 g/mol. The molecular weight excluding hydrogens is 334 g/mol. The van der Waals surface area contributed by atoms with Crippen LogP contribution in [0.15, 0.2) is 30.3 Å². The summed E-state index contributed by atoms with van der Waals surface area (Å²) in [5.74, 6) is -1.76. The third-order valence-electron chi connectivity index (χ3n) is 4.11. The van der Waals surface area contributed by atoms with E-state index < -0.39 is 17.9 Å². The number of benzene rings is 1. The molecule has 7 heteroatoms. The van der Waals surface area contributed by atoms with Crippen molar-refractivity contribution in [3.05, 3.63) is 36.0 Å². The van der Waals surface area contributed by atoms with Crippen molar-refractivity contribution in [3.8, 4) is 0 Å². The molecule has 0 unspecified atom stereocenters. The first-order valence-electron chi connectivity index (χ1n) is 8.61. The molecule has 1 atom stereocenters. The number of hydrogen-bond acceptors (Lipinski definition) is 3. The van der Waals surface area contributed by atoms with Crippen molar-refractivity contribution >= 4 is 28.7 Å². The van der Waals surface area contributed by atoms with Crippen molar-refractivity contribution in [3.63, 3.8) is 0 Å². The Hall–Kier alpha value is -2.83. The second-order valence-electron chi connectivity index (χ2n) is 6.80. The Bertz CT molecular complexity index is 810. The van der Waals surface area contributed by atoms with E-state index in [4.69, 9.17) is 5.11 Å². The van der Waals surface area contributed by atoms with Gasteiger partial charge in [0.25, 0.3) is 0 Å². The van der Waals surface area contributed by atoms with E-state index in [1.165, 1.54) is 0 Å². The molecule has 0 saturated carbocycles. The zero-order valence-electron chi connectivity index (χ0n) is 15.3. The van der Waals surface area contributed by atoms with Crippen molar-refractivity contribution in [2.45, 2.75) is 39.8 Å². The van der Waals surface area contributed by atoms with E-state index in [0.717, 1.165) is 16.6 Å². The van der Waals surface area contributed by atoms with Gasteiger partial charge in [-0.25, -0.2) is 4.79 Å². The van der Waals surface area contributed by atoms with E-state index in [9.17, 15) is 14.4 Å². The number of nitrogens with zero attached hydrogens (tertiary/aromatic N) is 1. The number of fused-ring (bicyclic) bond motifs is 1. The number of aromatic nitrogens is 1. The highest BCUT2D eigenvalue weighted by Crippen LogP contribution is 2.18. The first-order chi connectivity index (χ1) is 12.3. The number of para-hydroxylation sites is 1. The molecule has 26 heavy (non-hydrogen) atoms. The molecule has 2 amide bonds. The molecule has 1 aromatic heterocycles. The standard InChI is InChI=1S/C19H25N3O4/c1-12(2)8-15(19(25)26)21-17(23)10-20-18(24)11-22-13(3)9-14-6-4-5-7-16(14)22/h4-7,9,12,15H,8,10-11H2,1-3H3,(H,20,24)(H,21,23)(H,25,26)/t15-/m0/s1. The van der Waals surface area contributed by atoms with Crippen LogP contribution in [-0.2, 0) is 20.9 Å². The maximum Gasteiger partial charge on any atom is 0.326 e. The lowest BCUT2D eigenvalue weighted by Crippen LogP contribution is -2.46. The van der Waals surface area contributed by atoms with Crippen LogP contribution in [0.2, 0.25) is 0 Å². The highest BCUT2D eigenvalue weighted by molar-refractivity contribution is 5.89. The Labute approximate surface area is 152 Å². The second kappa shape index (κ2) is 8.51. The van der Waals surface area contributed by atoms with Gasteiger partial charge in [0, 0.05) is 11.2 Å². The fourth-order valence-corrected chi connectivity index (χ4v) is 2.87. The molecule has 0 radical (unpaired) electrons. The number of carboxylic acid groups (broad SMARTS) is 1. The predicted octanol–water partition coefficient (Wildman–Crippen LogP) is 1.68. The van der Waals surface area contributed by atoms with Crippen molar-refractivity contribution < 1.29 is 19.5 Å². The van der Waals surface area contributed by atoms with Crippen LogP contribution in [-0.4, -0.2) is 40.0 Å². The average molecular weight is 359 g/mol. The minimum atomic E-state index is -1.08. The fourth-order valence-electron chi connectivity index (χ4n) is 2.87. The summed E-state index contributed by atoms with van der Waals surface area (Å²) < 4.78 is 1.88. The molecule has 1 heterocycles. The summed E-state index contributed by atoms with van der Waals surface area (Å²) in [5, 5.41) is 15.2. The first-order valence-corrected chi connectivity index (χ1v) is 8.61. The summed E-state index contributed by atoms with van der Waals surface area (Å²) in [6.45, 7) is 5.53. The second-order valence-corrected chi connectivity index (χ2v) is 6.80. The Morgan fingerprint density at radius 3 is 2.50 bits per heavy atom. The average Bonchev–Trinajstić information content (AvgIpc) is 2.87. The molecule has 2 aromatic rings. The van der Waals surface area contributed by atoms with Gasteiger partial charge in [-0.2, -0.15) is 0 Å². The molecule has 0 spiro atoms. The lowest BCUT2D eigenvalue weighted by Gasteiger charge is -2.16. The van der Waals surface area contributed by atoms with Gasteiger partial charge in [0.1, 0.15) is 12.6 Å². The largest absolute Gasteiger partial charge is 0.480 e. The molecule has 0 fully saturated rings. The lowest BCUT2D eigenvalue weighted by molar-refractivity contribution is -0.142. The Kier molecular flexibility index (Phi) is 6.38. The molecule has 1 aromatic carbocycles. The zero-order valence-corrected chi connectivity index (χ0v) is 15.3. The molecule has 7 nitrogen and oxygen atoms in total. The number of carboxylic acids is 1. The van der Waals surface area contributed by atoms with Crippen molar-refractivity contribution in [1.82, 2.24) is 15.2 Å². The fraction of sp³-hybridized carbons (Fsp3) is 0.421. The van der Waals surface area contributed by atoms with Crippen LogP contribution in [0.5, 0.6) is 0 Å². The Morgan fingerprint density at radius 2 is 1.85 bits per heavy atom. The molecular formula is C19H25N3O4. The summed E-state index contributed by atoms with van der Waals surface area (Å²) in [5.41, 5.74) is 1.90.